The van der Waals surface area contributed by atoms with Crippen molar-refractivity contribution in [2.75, 3.05) is 30.9 Å². The van der Waals surface area contributed by atoms with E-state index in [-0.39, 0.29) is 6.10 Å². The Labute approximate surface area is 122 Å². The fourth-order valence-electron chi connectivity index (χ4n) is 2.41. The third kappa shape index (κ3) is 6.97. The van der Waals surface area contributed by atoms with Crippen LogP contribution in [0.25, 0.3) is 0 Å². The van der Waals surface area contributed by atoms with E-state index in [1.54, 1.807) is 16.1 Å². The molecule has 0 aliphatic carbocycles. The van der Waals surface area contributed by atoms with E-state index in [1.807, 2.05) is 0 Å². The number of aliphatic hydroxyl groups excluding tert-OH is 1. The molecule has 0 bridgehead atoms. The van der Waals surface area contributed by atoms with Crippen LogP contribution in [0.3, 0.4) is 0 Å². The molecule has 19 heavy (non-hydrogen) atoms. The number of nitrogens with zero attached hydrogens (tertiary/aromatic N) is 1. The number of hydrogen-bond donors (Lipinski definition) is 1. The summed E-state index contributed by atoms with van der Waals surface area (Å²) in [6.45, 7) is 5.55. The maximum absolute atomic E-state index is 11.5. The molecule has 1 fully saturated rings. The Morgan fingerprint density at radius 3 is 2.63 bits per heavy atom. The summed E-state index contributed by atoms with van der Waals surface area (Å²) in [4.78, 5) is 0. The minimum absolute atomic E-state index is 0.304. The van der Waals surface area contributed by atoms with Gasteiger partial charge in [-0.3, -0.25) is 0 Å². The minimum Gasteiger partial charge on any atom is -0.392 e. The number of hydrogen-bond acceptors (Lipinski definition) is 4. The molecule has 2 atom stereocenters. The van der Waals surface area contributed by atoms with E-state index in [9.17, 15) is 13.5 Å². The summed E-state index contributed by atoms with van der Waals surface area (Å²) in [6.07, 6.45) is 3.61. The third-order valence-electron chi connectivity index (χ3n) is 3.32. The molecule has 0 spiro atoms. The van der Waals surface area contributed by atoms with Gasteiger partial charge in [0.05, 0.1) is 12.4 Å². The largest absolute Gasteiger partial charge is 0.392 e. The predicted molar refractivity (Wildman–Crippen MR) is 81.9 cm³/mol. The predicted octanol–water partition coefficient (Wildman–Crippen LogP) is 1.80. The van der Waals surface area contributed by atoms with Crippen molar-refractivity contribution in [2.45, 2.75) is 39.2 Å². The molecular formula is C13H27NO3S2. The summed E-state index contributed by atoms with van der Waals surface area (Å²) in [7, 11) is -3.08. The van der Waals surface area contributed by atoms with Crippen LogP contribution in [0.15, 0.2) is 0 Å². The molecule has 1 saturated heterocycles. The van der Waals surface area contributed by atoms with E-state index in [2.05, 4.69) is 13.8 Å². The van der Waals surface area contributed by atoms with Crippen molar-refractivity contribution in [1.82, 2.24) is 4.31 Å². The number of thioether (sulfide) groups is 1. The van der Waals surface area contributed by atoms with Gasteiger partial charge in [0.25, 0.3) is 0 Å². The molecule has 1 aliphatic heterocycles. The molecule has 0 amide bonds. The van der Waals surface area contributed by atoms with E-state index in [0.29, 0.717) is 24.9 Å². The van der Waals surface area contributed by atoms with Crippen molar-refractivity contribution in [2.24, 2.45) is 11.8 Å². The SMILES string of the molecule is CC(C)CSCC(O)CC1CCCN(S(C)(=O)=O)C1. The highest BCUT2D eigenvalue weighted by molar-refractivity contribution is 7.99. The lowest BCUT2D eigenvalue weighted by Gasteiger charge is -2.32. The van der Waals surface area contributed by atoms with Gasteiger partial charge in [0, 0.05) is 18.8 Å². The third-order valence-corrected chi connectivity index (χ3v) is 6.11. The summed E-state index contributed by atoms with van der Waals surface area (Å²) < 4.78 is 24.6. The molecule has 2 unspecified atom stereocenters. The van der Waals surface area contributed by atoms with Crippen LogP contribution in [0.2, 0.25) is 0 Å². The zero-order chi connectivity index (χ0) is 14.5. The lowest BCUT2D eigenvalue weighted by molar-refractivity contribution is 0.140. The fraction of sp³-hybridized carbons (Fsp3) is 1.00. The average Bonchev–Trinajstić information content (AvgIpc) is 2.27. The van der Waals surface area contributed by atoms with Gasteiger partial charge in [0.1, 0.15) is 0 Å². The summed E-state index contributed by atoms with van der Waals surface area (Å²) in [5, 5.41) is 10.0. The molecule has 6 heteroatoms. The molecule has 0 radical (unpaired) electrons. The molecule has 114 valence electrons. The van der Waals surface area contributed by atoms with Gasteiger partial charge in [-0.05, 0) is 36.9 Å². The molecule has 0 saturated carbocycles. The molecule has 1 heterocycles. The van der Waals surface area contributed by atoms with E-state index in [1.165, 1.54) is 6.26 Å². The molecule has 0 aromatic rings. The van der Waals surface area contributed by atoms with Crippen molar-refractivity contribution in [3.05, 3.63) is 0 Å². The van der Waals surface area contributed by atoms with Gasteiger partial charge in [-0.2, -0.15) is 11.8 Å². The summed E-state index contributed by atoms with van der Waals surface area (Å²) in [6, 6.07) is 0. The normalized spacial score (nSPS) is 23.7. The topological polar surface area (TPSA) is 57.6 Å². The van der Waals surface area contributed by atoms with Crippen molar-refractivity contribution in [3.63, 3.8) is 0 Å². The van der Waals surface area contributed by atoms with Crippen LogP contribution in [0, 0.1) is 11.8 Å². The van der Waals surface area contributed by atoms with E-state index >= 15 is 0 Å². The lowest BCUT2D eigenvalue weighted by atomic mass is 9.94. The lowest BCUT2D eigenvalue weighted by Crippen LogP contribution is -2.40. The Morgan fingerprint density at radius 2 is 2.05 bits per heavy atom. The second kappa shape index (κ2) is 7.86. The van der Waals surface area contributed by atoms with Crippen LogP contribution < -0.4 is 0 Å². The van der Waals surface area contributed by atoms with E-state index in [0.717, 1.165) is 30.8 Å². The maximum Gasteiger partial charge on any atom is 0.211 e. The highest BCUT2D eigenvalue weighted by atomic mass is 32.2. The highest BCUT2D eigenvalue weighted by Gasteiger charge is 2.27. The number of sulfonamides is 1. The van der Waals surface area contributed by atoms with Gasteiger partial charge >= 0.3 is 0 Å². The second-order valence-corrected chi connectivity index (χ2v) is 9.01. The molecule has 4 nitrogen and oxygen atoms in total. The van der Waals surface area contributed by atoms with Gasteiger partial charge < -0.3 is 5.11 Å². The molecule has 1 rings (SSSR count). The molecule has 0 aromatic heterocycles. The van der Waals surface area contributed by atoms with Crippen molar-refractivity contribution in [1.29, 1.82) is 0 Å². The summed E-state index contributed by atoms with van der Waals surface area (Å²) in [5.41, 5.74) is 0. The zero-order valence-electron chi connectivity index (χ0n) is 12.2. The first kappa shape index (κ1) is 17.3. The Kier molecular flexibility index (Phi) is 7.14. The Bertz CT molecular complexity index is 357. The van der Waals surface area contributed by atoms with Crippen LogP contribution in [0.1, 0.15) is 33.1 Å². The van der Waals surface area contributed by atoms with Gasteiger partial charge in [-0.25, -0.2) is 12.7 Å². The number of aliphatic hydroxyl groups is 1. The first-order chi connectivity index (χ1) is 8.79. The fourth-order valence-corrected chi connectivity index (χ4v) is 4.37. The minimum atomic E-state index is -3.08. The quantitative estimate of drug-likeness (QED) is 0.779. The molecule has 1 aliphatic rings. The maximum atomic E-state index is 11.5. The van der Waals surface area contributed by atoms with E-state index in [4.69, 9.17) is 0 Å². The second-order valence-electron chi connectivity index (χ2n) is 5.95. The van der Waals surface area contributed by atoms with Gasteiger partial charge in [-0.1, -0.05) is 13.8 Å². The Balaban J connectivity index is 2.32. The molecule has 1 N–H and O–H groups in total. The van der Waals surface area contributed by atoms with Crippen molar-refractivity contribution >= 4 is 21.8 Å². The van der Waals surface area contributed by atoms with Gasteiger partial charge in [0.15, 0.2) is 0 Å². The standard InChI is InChI=1S/C13H27NO3S2/c1-11(2)9-18-10-13(15)7-12-5-4-6-14(8-12)19(3,16)17/h11-13,15H,4-10H2,1-3H3. The number of piperidine rings is 1. The first-order valence-electron chi connectivity index (χ1n) is 7.00. The Hall–Kier alpha value is 0.220. The van der Waals surface area contributed by atoms with Crippen LogP contribution in [0.4, 0.5) is 0 Å². The van der Waals surface area contributed by atoms with Crippen molar-refractivity contribution < 1.29 is 13.5 Å². The van der Waals surface area contributed by atoms with E-state index < -0.39 is 10.0 Å². The average molecular weight is 309 g/mol. The Morgan fingerprint density at radius 1 is 1.37 bits per heavy atom. The first-order valence-corrected chi connectivity index (χ1v) is 10.00. The van der Waals surface area contributed by atoms with Gasteiger partial charge in [0.2, 0.25) is 10.0 Å². The summed E-state index contributed by atoms with van der Waals surface area (Å²) in [5.74, 6) is 2.77. The highest BCUT2D eigenvalue weighted by Crippen LogP contribution is 2.24. The monoisotopic (exact) mass is 309 g/mol. The van der Waals surface area contributed by atoms with Crippen LogP contribution in [-0.2, 0) is 10.0 Å². The molecule has 0 aromatic carbocycles. The molecular weight excluding hydrogens is 282 g/mol. The number of rotatable bonds is 7. The van der Waals surface area contributed by atoms with Crippen molar-refractivity contribution in [3.8, 4) is 0 Å². The summed E-state index contributed by atoms with van der Waals surface area (Å²) >= 11 is 1.78. The zero-order valence-corrected chi connectivity index (χ0v) is 13.8. The smallest absolute Gasteiger partial charge is 0.211 e. The van der Waals surface area contributed by atoms with Crippen LogP contribution in [-0.4, -0.2) is 54.8 Å². The van der Waals surface area contributed by atoms with Crippen LogP contribution in [0.5, 0.6) is 0 Å². The van der Waals surface area contributed by atoms with Gasteiger partial charge in [-0.15, -0.1) is 0 Å². The van der Waals surface area contributed by atoms with Crippen LogP contribution >= 0.6 is 11.8 Å².